The van der Waals surface area contributed by atoms with Gasteiger partial charge >= 0.3 is 0 Å². The Morgan fingerprint density at radius 2 is 1.65 bits per heavy atom. The van der Waals surface area contributed by atoms with Gasteiger partial charge < -0.3 is 10.6 Å². The quantitative estimate of drug-likeness (QED) is 0.482. The highest BCUT2D eigenvalue weighted by atomic mass is 32.1. The minimum atomic E-state index is -0.644. The summed E-state index contributed by atoms with van der Waals surface area (Å²) in [5.41, 5.74) is -0.164. The molecule has 0 heterocycles. The number of rotatable bonds is 5. The molecule has 23 heavy (non-hydrogen) atoms. The minimum Gasteiger partial charge on any atom is -0.360 e. The summed E-state index contributed by atoms with van der Waals surface area (Å²) < 4.78 is 0. The lowest BCUT2D eigenvalue weighted by atomic mass is 9.96. The van der Waals surface area contributed by atoms with E-state index >= 15 is 0 Å². The fourth-order valence-corrected chi connectivity index (χ4v) is 2.87. The fourth-order valence-electron chi connectivity index (χ4n) is 2.63. The fraction of sp³-hybridized carbons (Fsp3) is 0.500. The minimum absolute atomic E-state index is 0.196. The van der Waals surface area contributed by atoms with Gasteiger partial charge in [-0.05, 0) is 30.6 Å². The van der Waals surface area contributed by atoms with Crippen LogP contribution in [0.1, 0.15) is 37.7 Å². The highest BCUT2D eigenvalue weighted by Gasteiger charge is 2.17. The lowest BCUT2D eigenvalue weighted by Gasteiger charge is -2.24. The van der Waals surface area contributed by atoms with Crippen LogP contribution < -0.4 is 10.6 Å². The van der Waals surface area contributed by atoms with Gasteiger partial charge in [-0.1, -0.05) is 19.3 Å². The Bertz CT molecular complexity index is 585. The van der Waals surface area contributed by atoms with Crippen LogP contribution in [0.5, 0.6) is 0 Å². The average Bonchev–Trinajstić information content (AvgIpc) is 2.53. The summed E-state index contributed by atoms with van der Waals surface area (Å²) in [7, 11) is 0. The number of nitro benzene ring substituents is 2. The number of non-ortho nitro benzene ring substituents is 2. The van der Waals surface area contributed by atoms with Crippen LogP contribution in [-0.4, -0.2) is 21.0 Å². The Hall–Kier alpha value is -2.29. The third-order valence-corrected chi connectivity index (χ3v) is 4.04. The Balaban J connectivity index is 1.97. The van der Waals surface area contributed by atoms with Crippen LogP contribution in [-0.2, 0) is 6.54 Å². The Kier molecular flexibility index (Phi) is 5.80. The van der Waals surface area contributed by atoms with Gasteiger partial charge in [0.1, 0.15) is 0 Å². The van der Waals surface area contributed by atoms with Crippen molar-refractivity contribution in [1.82, 2.24) is 10.6 Å². The zero-order chi connectivity index (χ0) is 16.8. The van der Waals surface area contributed by atoms with Gasteiger partial charge in [-0.3, -0.25) is 20.2 Å². The predicted molar refractivity (Wildman–Crippen MR) is 89.2 cm³/mol. The van der Waals surface area contributed by atoms with Crippen molar-refractivity contribution in [2.45, 2.75) is 44.7 Å². The van der Waals surface area contributed by atoms with Crippen LogP contribution in [0.25, 0.3) is 0 Å². The van der Waals surface area contributed by atoms with Gasteiger partial charge in [-0.25, -0.2) is 0 Å². The van der Waals surface area contributed by atoms with Crippen LogP contribution in [0.2, 0.25) is 0 Å². The number of nitrogens with zero attached hydrogens (tertiary/aromatic N) is 2. The van der Waals surface area contributed by atoms with E-state index in [1.165, 1.54) is 31.4 Å². The number of thiocarbonyl (C=S) groups is 1. The Labute approximate surface area is 138 Å². The molecule has 0 amide bonds. The molecule has 1 aromatic carbocycles. The Morgan fingerprint density at radius 1 is 1.09 bits per heavy atom. The van der Waals surface area contributed by atoms with E-state index in [2.05, 4.69) is 10.6 Å². The van der Waals surface area contributed by atoms with Gasteiger partial charge in [0.2, 0.25) is 0 Å². The standard InChI is InChI=1S/C14H18N4O4S/c19-17(20)12-6-10(7-13(8-12)18(21)22)9-15-14(23)16-11-4-2-1-3-5-11/h6-8,11H,1-5,9H2,(H2,15,16,23). The zero-order valence-corrected chi connectivity index (χ0v) is 13.3. The lowest BCUT2D eigenvalue weighted by Crippen LogP contribution is -2.42. The maximum absolute atomic E-state index is 10.9. The number of hydrogen-bond donors (Lipinski definition) is 2. The van der Waals surface area contributed by atoms with Crippen molar-refractivity contribution in [3.63, 3.8) is 0 Å². The van der Waals surface area contributed by atoms with Crippen LogP contribution in [0.3, 0.4) is 0 Å². The van der Waals surface area contributed by atoms with Gasteiger partial charge in [-0.2, -0.15) is 0 Å². The second-order valence-corrected chi connectivity index (χ2v) is 5.94. The average molecular weight is 338 g/mol. The highest BCUT2D eigenvalue weighted by molar-refractivity contribution is 7.80. The summed E-state index contributed by atoms with van der Waals surface area (Å²) in [5, 5.41) is 28.3. The smallest absolute Gasteiger partial charge is 0.276 e. The number of benzene rings is 1. The first-order valence-electron chi connectivity index (χ1n) is 7.43. The maximum atomic E-state index is 10.9. The van der Waals surface area contributed by atoms with Gasteiger partial charge in [0, 0.05) is 24.7 Å². The van der Waals surface area contributed by atoms with Crippen molar-refractivity contribution in [3.8, 4) is 0 Å². The largest absolute Gasteiger partial charge is 0.360 e. The molecule has 0 aromatic heterocycles. The van der Waals surface area contributed by atoms with Crippen LogP contribution in [0.4, 0.5) is 11.4 Å². The van der Waals surface area contributed by atoms with Crippen molar-refractivity contribution in [3.05, 3.63) is 44.0 Å². The molecule has 0 saturated heterocycles. The van der Waals surface area contributed by atoms with Gasteiger partial charge in [0.25, 0.3) is 11.4 Å². The lowest BCUT2D eigenvalue weighted by molar-refractivity contribution is -0.394. The first-order valence-corrected chi connectivity index (χ1v) is 7.83. The normalized spacial score (nSPS) is 15.0. The summed E-state index contributed by atoms with van der Waals surface area (Å²) >= 11 is 5.21. The molecule has 1 aliphatic carbocycles. The molecule has 124 valence electrons. The molecule has 8 nitrogen and oxygen atoms in total. The summed E-state index contributed by atoms with van der Waals surface area (Å²) in [6.45, 7) is 0.196. The van der Waals surface area contributed by atoms with Gasteiger partial charge in [-0.15, -0.1) is 0 Å². The molecule has 9 heteroatoms. The zero-order valence-electron chi connectivity index (χ0n) is 12.5. The topological polar surface area (TPSA) is 110 Å². The van der Waals surface area contributed by atoms with Gasteiger partial charge in [0.15, 0.2) is 5.11 Å². The molecule has 1 saturated carbocycles. The van der Waals surface area contributed by atoms with Crippen LogP contribution >= 0.6 is 12.2 Å². The predicted octanol–water partition coefficient (Wildman–Crippen LogP) is 2.80. The van der Waals surface area contributed by atoms with Crippen LogP contribution in [0, 0.1) is 20.2 Å². The molecule has 2 rings (SSSR count). The van der Waals surface area contributed by atoms with E-state index < -0.39 is 9.85 Å². The Morgan fingerprint density at radius 3 is 2.17 bits per heavy atom. The second-order valence-electron chi connectivity index (χ2n) is 5.53. The molecular weight excluding hydrogens is 320 g/mol. The van der Waals surface area contributed by atoms with E-state index in [0.29, 0.717) is 16.7 Å². The second kappa shape index (κ2) is 7.82. The molecule has 2 N–H and O–H groups in total. The van der Waals surface area contributed by atoms with E-state index in [1.807, 2.05) is 0 Å². The molecule has 0 atom stereocenters. The molecule has 0 spiro atoms. The highest BCUT2D eigenvalue weighted by Crippen LogP contribution is 2.22. The van der Waals surface area contributed by atoms with E-state index in [9.17, 15) is 20.2 Å². The SMILES string of the molecule is O=[N+]([O-])c1cc(CNC(=S)NC2CCCCC2)cc([N+](=O)[O-])c1. The molecule has 1 aliphatic rings. The number of hydrogen-bond acceptors (Lipinski definition) is 5. The first-order chi connectivity index (χ1) is 11.0. The van der Waals surface area contributed by atoms with Gasteiger partial charge in [0.05, 0.1) is 15.9 Å². The molecule has 0 bridgehead atoms. The molecular formula is C14H18N4O4S. The van der Waals surface area contributed by atoms with Crippen molar-refractivity contribution in [2.75, 3.05) is 0 Å². The van der Waals surface area contributed by atoms with Crippen molar-refractivity contribution >= 4 is 28.7 Å². The molecule has 1 fully saturated rings. The molecule has 0 aliphatic heterocycles. The maximum Gasteiger partial charge on any atom is 0.276 e. The number of nitrogens with one attached hydrogen (secondary N) is 2. The molecule has 0 radical (unpaired) electrons. The van der Waals surface area contributed by atoms with Crippen molar-refractivity contribution in [2.24, 2.45) is 0 Å². The third-order valence-electron chi connectivity index (χ3n) is 3.78. The summed E-state index contributed by atoms with van der Waals surface area (Å²) in [6.07, 6.45) is 5.75. The van der Waals surface area contributed by atoms with Crippen molar-refractivity contribution < 1.29 is 9.85 Å². The monoisotopic (exact) mass is 338 g/mol. The van der Waals surface area contributed by atoms with E-state index in [0.717, 1.165) is 18.9 Å². The first kappa shape index (κ1) is 17.1. The van der Waals surface area contributed by atoms with E-state index in [-0.39, 0.29) is 17.9 Å². The van der Waals surface area contributed by atoms with Crippen molar-refractivity contribution in [1.29, 1.82) is 0 Å². The van der Waals surface area contributed by atoms with Crippen LogP contribution in [0.15, 0.2) is 18.2 Å². The third kappa shape index (κ3) is 5.13. The molecule has 0 unspecified atom stereocenters. The molecule has 1 aromatic rings. The van der Waals surface area contributed by atoms with E-state index in [4.69, 9.17) is 12.2 Å². The van der Waals surface area contributed by atoms with E-state index in [1.54, 1.807) is 0 Å². The summed E-state index contributed by atoms with van der Waals surface area (Å²) in [4.78, 5) is 20.4. The number of nitro groups is 2. The summed E-state index contributed by atoms with van der Waals surface area (Å²) in [6, 6.07) is 3.91. The summed E-state index contributed by atoms with van der Waals surface area (Å²) in [5.74, 6) is 0.